The number of para-hydroxylation sites is 1. The van der Waals surface area contributed by atoms with Gasteiger partial charge in [0.05, 0.1) is 6.54 Å². The lowest BCUT2D eigenvalue weighted by Crippen LogP contribution is -2.46. The zero-order chi connectivity index (χ0) is 19.3. The number of carbonyl (C=O) groups excluding carboxylic acids is 1. The lowest BCUT2D eigenvalue weighted by Gasteiger charge is -2.34. The molecule has 3 heterocycles. The molecule has 9 nitrogen and oxygen atoms in total. The number of aromatic amines is 1. The van der Waals surface area contributed by atoms with Crippen molar-refractivity contribution in [1.82, 2.24) is 30.3 Å². The molecule has 0 radical (unpaired) electrons. The fourth-order valence-electron chi connectivity index (χ4n) is 3.13. The minimum atomic E-state index is -0.267. The van der Waals surface area contributed by atoms with Crippen LogP contribution in [0.2, 0.25) is 0 Å². The van der Waals surface area contributed by atoms with E-state index >= 15 is 0 Å². The molecule has 1 amide bonds. The number of H-pyrrole nitrogens is 1. The zero-order valence-corrected chi connectivity index (χ0v) is 15.7. The molecule has 9 heteroatoms. The summed E-state index contributed by atoms with van der Waals surface area (Å²) in [5, 5.41) is 18.2. The first kappa shape index (κ1) is 18.1. The van der Waals surface area contributed by atoms with Crippen LogP contribution < -0.4 is 10.2 Å². The quantitative estimate of drug-likeness (QED) is 0.693. The van der Waals surface area contributed by atoms with Crippen LogP contribution in [0.1, 0.15) is 22.1 Å². The molecule has 0 saturated carbocycles. The summed E-state index contributed by atoms with van der Waals surface area (Å²) in [6, 6.07) is 12.9. The number of anilines is 2. The number of aromatic nitrogens is 5. The zero-order valence-electron chi connectivity index (χ0n) is 15.7. The maximum Gasteiger partial charge on any atom is 0.276 e. The minimum Gasteiger partial charge on any atom is -0.353 e. The highest BCUT2D eigenvalue weighted by Gasteiger charge is 2.20. The van der Waals surface area contributed by atoms with Gasteiger partial charge in [-0.3, -0.25) is 14.8 Å². The average Bonchev–Trinajstić information content (AvgIpc) is 3.14. The minimum absolute atomic E-state index is 0.267. The number of nitrogens with one attached hydrogen (secondary N) is 2. The van der Waals surface area contributed by atoms with E-state index in [2.05, 4.69) is 40.5 Å². The van der Waals surface area contributed by atoms with E-state index in [0.29, 0.717) is 5.69 Å². The molecule has 1 fully saturated rings. The predicted octanol–water partition coefficient (Wildman–Crippen LogP) is 1.48. The molecule has 3 aromatic rings. The number of piperazine rings is 1. The number of hydrogen-bond acceptors (Lipinski definition) is 7. The van der Waals surface area contributed by atoms with Crippen molar-refractivity contribution < 1.29 is 4.79 Å². The summed E-state index contributed by atoms with van der Waals surface area (Å²) in [4.78, 5) is 21.1. The Kier molecular flexibility index (Phi) is 5.24. The summed E-state index contributed by atoms with van der Waals surface area (Å²) in [5.74, 6) is 2.17. The molecule has 0 aliphatic carbocycles. The van der Waals surface area contributed by atoms with E-state index in [1.54, 1.807) is 6.07 Å². The number of carbonyl (C=O) groups is 1. The predicted molar refractivity (Wildman–Crippen MR) is 105 cm³/mol. The summed E-state index contributed by atoms with van der Waals surface area (Å²) in [6.07, 6.45) is 0. The summed E-state index contributed by atoms with van der Waals surface area (Å²) in [5.41, 5.74) is 1.03. The average molecular weight is 378 g/mol. The van der Waals surface area contributed by atoms with Gasteiger partial charge in [-0.1, -0.05) is 18.2 Å². The van der Waals surface area contributed by atoms with Crippen LogP contribution in [0, 0.1) is 6.92 Å². The highest BCUT2D eigenvalue weighted by atomic mass is 16.1. The van der Waals surface area contributed by atoms with Crippen molar-refractivity contribution in [2.75, 3.05) is 36.4 Å². The van der Waals surface area contributed by atoms with Gasteiger partial charge in [0.2, 0.25) is 0 Å². The van der Waals surface area contributed by atoms with Gasteiger partial charge in [0.1, 0.15) is 5.82 Å². The van der Waals surface area contributed by atoms with Crippen LogP contribution in [-0.4, -0.2) is 62.4 Å². The van der Waals surface area contributed by atoms with Crippen LogP contribution in [0.25, 0.3) is 0 Å². The van der Waals surface area contributed by atoms with E-state index in [9.17, 15) is 4.79 Å². The Morgan fingerprint density at radius 3 is 2.50 bits per heavy atom. The van der Waals surface area contributed by atoms with E-state index in [1.807, 2.05) is 43.3 Å². The largest absolute Gasteiger partial charge is 0.353 e. The van der Waals surface area contributed by atoms with Gasteiger partial charge >= 0.3 is 0 Å². The van der Waals surface area contributed by atoms with Crippen LogP contribution in [0.4, 0.5) is 11.5 Å². The van der Waals surface area contributed by atoms with Crippen molar-refractivity contribution >= 4 is 17.4 Å². The monoisotopic (exact) mass is 378 g/mol. The Morgan fingerprint density at radius 2 is 1.86 bits per heavy atom. The van der Waals surface area contributed by atoms with E-state index in [4.69, 9.17) is 0 Å². The highest BCUT2D eigenvalue weighted by Crippen LogP contribution is 2.14. The van der Waals surface area contributed by atoms with Gasteiger partial charge in [-0.15, -0.1) is 10.2 Å². The van der Waals surface area contributed by atoms with Gasteiger partial charge in [-0.2, -0.15) is 5.10 Å². The molecule has 1 aliphatic heterocycles. The summed E-state index contributed by atoms with van der Waals surface area (Å²) < 4.78 is 0. The molecule has 28 heavy (non-hydrogen) atoms. The van der Waals surface area contributed by atoms with E-state index in [-0.39, 0.29) is 5.91 Å². The fraction of sp³-hybridized carbons (Fsp3) is 0.316. The molecule has 0 bridgehead atoms. The molecular weight excluding hydrogens is 356 g/mol. The molecule has 0 spiro atoms. The number of aryl methyl sites for hydroxylation is 1. The molecule has 2 N–H and O–H groups in total. The number of benzene rings is 1. The number of amides is 1. The number of hydrogen-bond donors (Lipinski definition) is 2. The fourth-order valence-corrected chi connectivity index (χ4v) is 3.13. The lowest BCUT2D eigenvalue weighted by molar-refractivity contribution is 0.102. The third-order valence-corrected chi connectivity index (χ3v) is 4.62. The second kappa shape index (κ2) is 8.13. The molecule has 1 saturated heterocycles. The van der Waals surface area contributed by atoms with Crippen LogP contribution in [0.3, 0.4) is 0 Å². The molecule has 1 aromatic carbocycles. The van der Waals surface area contributed by atoms with Crippen molar-refractivity contribution in [3.8, 4) is 0 Å². The first-order chi connectivity index (χ1) is 13.7. The van der Waals surface area contributed by atoms with Gasteiger partial charge in [-0.05, 0) is 31.2 Å². The summed E-state index contributed by atoms with van der Waals surface area (Å²) in [6.45, 7) is 6.11. The maximum atomic E-state index is 12.3. The van der Waals surface area contributed by atoms with Crippen LogP contribution in [0.5, 0.6) is 0 Å². The molecule has 1 aliphatic rings. The van der Waals surface area contributed by atoms with Crippen LogP contribution >= 0.6 is 0 Å². The van der Waals surface area contributed by atoms with Gasteiger partial charge < -0.3 is 10.2 Å². The van der Waals surface area contributed by atoms with Crippen molar-refractivity contribution in [1.29, 1.82) is 0 Å². The molecule has 0 unspecified atom stereocenters. The smallest absolute Gasteiger partial charge is 0.276 e. The van der Waals surface area contributed by atoms with E-state index in [1.165, 1.54) is 0 Å². The Labute approximate surface area is 162 Å². The normalized spacial score (nSPS) is 14.8. The Balaban J connectivity index is 1.31. The first-order valence-corrected chi connectivity index (χ1v) is 9.23. The molecule has 0 atom stereocenters. The van der Waals surface area contributed by atoms with E-state index in [0.717, 1.165) is 55.9 Å². The third kappa shape index (κ3) is 4.32. The second-order valence-electron chi connectivity index (χ2n) is 6.70. The topological polar surface area (TPSA) is 103 Å². The van der Waals surface area contributed by atoms with Crippen molar-refractivity contribution in [3.63, 3.8) is 0 Å². The van der Waals surface area contributed by atoms with Gasteiger partial charge in [0.25, 0.3) is 5.91 Å². The SMILES string of the molecule is Cc1nc(CN2CCN(c3ccc(C(=O)Nc4ccccc4)nn3)CC2)n[nH]1. The van der Waals surface area contributed by atoms with Crippen LogP contribution in [-0.2, 0) is 6.54 Å². The van der Waals surface area contributed by atoms with Crippen LogP contribution in [0.15, 0.2) is 42.5 Å². The standard InChI is InChI=1S/C19H22N8O/c1-14-20-17(24-22-14)13-26-9-11-27(12-10-26)18-8-7-16(23-25-18)19(28)21-15-5-3-2-4-6-15/h2-8H,9-13H2,1H3,(H,21,28)(H,20,22,24). The van der Waals surface area contributed by atoms with Gasteiger partial charge in [-0.25, -0.2) is 4.98 Å². The second-order valence-corrected chi connectivity index (χ2v) is 6.70. The van der Waals surface area contributed by atoms with Crippen molar-refractivity contribution in [3.05, 3.63) is 59.8 Å². The molecule has 4 rings (SSSR count). The highest BCUT2D eigenvalue weighted by molar-refractivity contribution is 6.02. The maximum absolute atomic E-state index is 12.3. The van der Waals surface area contributed by atoms with Crippen molar-refractivity contribution in [2.45, 2.75) is 13.5 Å². The summed E-state index contributed by atoms with van der Waals surface area (Å²) in [7, 11) is 0. The number of nitrogens with zero attached hydrogens (tertiary/aromatic N) is 6. The van der Waals surface area contributed by atoms with E-state index < -0.39 is 0 Å². The molecular formula is C19H22N8O. The molecule has 144 valence electrons. The first-order valence-electron chi connectivity index (χ1n) is 9.23. The molecule has 2 aromatic heterocycles. The lowest BCUT2D eigenvalue weighted by atomic mass is 10.3. The number of rotatable bonds is 5. The Hall–Kier alpha value is -3.33. The van der Waals surface area contributed by atoms with Crippen molar-refractivity contribution in [2.24, 2.45) is 0 Å². The van der Waals surface area contributed by atoms with Gasteiger partial charge in [0, 0.05) is 31.9 Å². The summed E-state index contributed by atoms with van der Waals surface area (Å²) >= 11 is 0. The Bertz CT molecular complexity index is 917. The van der Waals surface area contributed by atoms with Gasteiger partial charge in [0.15, 0.2) is 17.3 Å². The third-order valence-electron chi connectivity index (χ3n) is 4.62. The Morgan fingerprint density at radius 1 is 1.07 bits per heavy atom.